The summed E-state index contributed by atoms with van der Waals surface area (Å²) in [6.45, 7) is 11.1. The first kappa shape index (κ1) is 37.9. The fourth-order valence-electron chi connectivity index (χ4n) is 6.49. The van der Waals surface area contributed by atoms with Crippen molar-refractivity contribution >= 4 is 11.9 Å². The van der Waals surface area contributed by atoms with Crippen LogP contribution in [0.1, 0.15) is 189 Å². The summed E-state index contributed by atoms with van der Waals surface area (Å²) >= 11 is 0. The average Bonchev–Trinajstić information content (AvgIpc) is 2.91. The lowest BCUT2D eigenvalue weighted by atomic mass is 9.65. The lowest BCUT2D eigenvalue weighted by Gasteiger charge is -2.39. The Kier molecular flexibility index (Phi) is 24.0. The molecule has 0 fully saturated rings. The van der Waals surface area contributed by atoms with Gasteiger partial charge in [-0.3, -0.25) is 9.59 Å². The van der Waals surface area contributed by atoms with E-state index in [0.717, 1.165) is 38.5 Å². The molecule has 0 aliphatic heterocycles. The SMILES string of the molecule is CCCCC(CC)CC(CCCCCCCCCCCCCCC(=O)O)C(C)(CC(CC)CCCC)C(=O)O. The lowest BCUT2D eigenvalue weighted by molar-refractivity contribution is -0.154. The molecule has 39 heavy (non-hydrogen) atoms. The van der Waals surface area contributed by atoms with Crippen LogP contribution in [0, 0.1) is 23.2 Å². The monoisotopic (exact) mass is 553 g/mol. The van der Waals surface area contributed by atoms with Crippen molar-refractivity contribution in [3.05, 3.63) is 0 Å². The van der Waals surface area contributed by atoms with E-state index in [1.54, 1.807) is 0 Å². The van der Waals surface area contributed by atoms with Gasteiger partial charge in [-0.2, -0.15) is 0 Å². The summed E-state index contributed by atoms with van der Waals surface area (Å²) in [6.07, 6.45) is 27.3. The quantitative estimate of drug-likeness (QED) is 0.0905. The van der Waals surface area contributed by atoms with Crippen molar-refractivity contribution in [1.29, 1.82) is 0 Å². The van der Waals surface area contributed by atoms with Crippen molar-refractivity contribution in [2.45, 2.75) is 189 Å². The molecule has 0 saturated carbocycles. The van der Waals surface area contributed by atoms with E-state index in [-0.39, 0.29) is 5.92 Å². The highest BCUT2D eigenvalue weighted by Gasteiger charge is 2.42. The Hall–Kier alpha value is -1.06. The van der Waals surface area contributed by atoms with E-state index in [1.807, 2.05) is 0 Å². The lowest BCUT2D eigenvalue weighted by Crippen LogP contribution is -2.39. The number of carboxylic acid groups (broad SMARTS) is 2. The fraction of sp³-hybridized carbons (Fsp3) is 0.943. The van der Waals surface area contributed by atoms with Crippen molar-refractivity contribution in [2.24, 2.45) is 23.2 Å². The van der Waals surface area contributed by atoms with E-state index in [0.29, 0.717) is 18.3 Å². The van der Waals surface area contributed by atoms with Crippen molar-refractivity contribution in [1.82, 2.24) is 0 Å². The average molecular weight is 553 g/mol. The van der Waals surface area contributed by atoms with Gasteiger partial charge < -0.3 is 10.2 Å². The summed E-state index contributed by atoms with van der Waals surface area (Å²) in [5.74, 6) is 0.222. The van der Waals surface area contributed by atoms with E-state index < -0.39 is 17.4 Å². The van der Waals surface area contributed by atoms with Gasteiger partial charge in [0.05, 0.1) is 5.41 Å². The van der Waals surface area contributed by atoms with E-state index >= 15 is 0 Å². The Morgan fingerprint density at radius 3 is 1.44 bits per heavy atom. The predicted octanol–water partition coefficient (Wildman–Crippen LogP) is 11.5. The molecule has 0 aromatic carbocycles. The van der Waals surface area contributed by atoms with Gasteiger partial charge >= 0.3 is 11.9 Å². The molecule has 0 bridgehead atoms. The van der Waals surface area contributed by atoms with Crippen LogP contribution in [0.3, 0.4) is 0 Å². The molecule has 0 rings (SSSR count). The third-order valence-electron chi connectivity index (χ3n) is 9.50. The number of carbonyl (C=O) groups is 2. The van der Waals surface area contributed by atoms with Crippen LogP contribution in [0.25, 0.3) is 0 Å². The number of unbranched alkanes of at least 4 members (excludes halogenated alkanes) is 13. The second-order valence-corrected chi connectivity index (χ2v) is 12.9. The van der Waals surface area contributed by atoms with Gasteiger partial charge in [0, 0.05) is 6.42 Å². The van der Waals surface area contributed by atoms with Crippen LogP contribution < -0.4 is 0 Å². The zero-order chi connectivity index (χ0) is 29.4. The smallest absolute Gasteiger partial charge is 0.309 e. The van der Waals surface area contributed by atoms with E-state index in [1.165, 1.54) is 109 Å². The van der Waals surface area contributed by atoms with E-state index in [9.17, 15) is 14.7 Å². The van der Waals surface area contributed by atoms with Gasteiger partial charge in [-0.25, -0.2) is 0 Å². The highest BCUT2D eigenvalue weighted by Crippen LogP contribution is 2.44. The number of rotatable bonds is 29. The van der Waals surface area contributed by atoms with Gasteiger partial charge in [0.15, 0.2) is 0 Å². The summed E-state index contributed by atoms with van der Waals surface area (Å²) in [5, 5.41) is 19.2. The van der Waals surface area contributed by atoms with Crippen molar-refractivity contribution in [2.75, 3.05) is 0 Å². The highest BCUT2D eigenvalue weighted by molar-refractivity contribution is 5.74. The Bertz CT molecular complexity index is 589. The Morgan fingerprint density at radius 2 is 1.03 bits per heavy atom. The summed E-state index contributed by atoms with van der Waals surface area (Å²) in [7, 11) is 0. The minimum absolute atomic E-state index is 0.281. The Balaban J connectivity index is 4.67. The summed E-state index contributed by atoms with van der Waals surface area (Å²) < 4.78 is 0. The third-order valence-corrected chi connectivity index (χ3v) is 9.50. The molecule has 0 radical (unpaired) electrons. The molecule has 0 saturated heterocycles. The predicted molar refractivity (Wildman–Crippen MR) is 167 cm³/mol. The first-order valence-electron chi connectivity index (χ1n) is 17.2. The van der Waals surface area contributed by atoms with Gasteiger partial charge in [-0.1, -0.05) is 150 Å². The second-order valence-electron chi connectivity index (χ2n) is 12.9. The molecule has 0 aromatic heterocycles. The van der Waals surface area contributed by atoms with Gasteiger partial charge in [0.1, 0.15) is 0 Å². The Labute approximate surface area is 243 Å². The van der Waals surface area contributed by atoms with Crippen LogP contribution in [0.4, 0.5) is 0 Å². The molecule has 0 aliphatic rings. The van der Waals surface area contributed by atoms with E-state index in [4.69, 9.17) is 5.11 Å². The Morgan fingerprint density at radius 1 is 0.590 bits per heavy atom. The summed E-state index contributed by atoms with van der Waals surface area (Å²) in [5.41, 5.74) is -0.609. The molecule has 4 unspecified atom stereocenters. The maximum atomic E-state index is 12.8. The molecule has 0 aliphatic carbocycles. The molecule has 2 N–H and O–H groups in total. The molecule has 4 nitrogen and oxygen atoms in total. The molecule has 0 heterocycles. The third kappa shape index (κ3) is 18.8. The van der Waals surface area contributed by atoms with Crippen LogP contribution in [0.15, 0.2) is 0 Å². The topological polar surface area (TPSA) is 74.6 Å². The van der Waals surface area contributed by atoms with Crippen LogP contribution in [0.5, 0.6) is 0 Å². The zero-order valence-electron chi connectivity index (χ0n) is 26.9. The molecule has 0 aromatic rings. The standard InChI is InChI=1S/C35H68O4/c1-6-10-24-30(8-3)28-32(35(5,34(38)39)29-31(9-4)25-11-7-2)26-22-20-18-16-14-12-13-15-17-19-21-23-27-33(36)37/h30-32H,6-29H2,1-5H3,(H,36,37)(H,38,39). The minimum atomic E-state index is -0.675. The maximum absolute atomic E-state index is 12.8. The molecule has 0 spiro atoms. The van der Waals surface area contributed by atoms with Crippen molar-refractivity contribution in [3.8, 4) is 0 Å². The molecule has 0 amide bonds. The van der Waals surface area contributed by atoms with Crippen LogP contribution in [-0.4, -0.2) is 22.2 Å². The number of aliphatic carboxylic acids is 2. The zero-order valence-corrected chi connectivity index (χ0v) is 26.9. The first-order valence-corrected chi connectivity index (χ1v) is 17.2. The number of hydrogen-bond donors (Lipinski definition) is 2. The van der Waals surface area contributed by atoms with Crippen LogP contribution in [0.2, 0.25) is 0 Å². The normalized spacial score (nSPS) is 15.5. The second kappa shape index (κ2) is 24.7. The van der Waals surface area contributed by atoms with Gasteiger partial charge in [-0.05, 0) is 50.4 Å². The van der Waals surface area contributed by atoms with Crippen molar-refractivity contribution in [3.63, 3.8) is 0 Å². The fourth-order valence-corrected chi connectivity index (χ4v) is 6.49. The van der Waals surface area contributed by atoms with Gasteiger partial charge in [0.2, 0.25) is 0 Å². The van der Waals surface area contributed by atoms with Crippen LogP contribution in [-0.2, 0) is 9.59 Å². The maximum Gasteiger partial charge on any atom is 0.309 e. The summed E-state index contributed by atoms with van der Waals surface area (Å²) in [6, 6.07) is 0. The van der Waals surface area contributed by atoms with Gasteiger partial charge in [-0.15, -0.1) is 0 Å². The molecule has 232 valence electrons. The number of hydrogen-bond acceptors (Lipinski definition) is 2. The van der Waals surface area contributed by atoms with E-state index in [2.05, 4.69) is 34.6 Å². The summed E-state index contributed by atoms with van der Waals surface area (Å²) in [4.78, 5) is 23.4. The first-order chi connectivity index (χ1) is 18.7. The molecule has 4 heteroatoms. The van der Waals surface area contributed by atoms with Crippen LogP contribution >= 0.6 is 0 Å². The van der Waals surface area contributed by atoms with Gasteiger partial charge in [0.25, 0.3) is 0 Å². The largest absolute Gasteiger partial charge is 0.481 e. The molecular formula is C35H68O4. The van der Waals surface area contributed by atoms with Crippen molar-refractivity contribution < 1.29 is 19.8 Å². The number of carboxylic acids is 2. The highest BCUT2D eigenvalue weighted by atomic mass is 16.4. The minimum Gasteiger partial charge on any atom is -0.481 e. The molecular weight excluding hydrogens is 484 g/mol. The molecule has 4 atom stereocenters.